The van der Waals surface area contributed by atoms with Crippen LogP contribution in [0.2, 0.25) is 0 Å². The third kappa shape index (κ3) is 2.18. The van der Waals surface area contributed by atoms with Gasteiger partial charge in [-0.2, -0.15) is 5.10 Å². The summed E-state index contributed by atoms with van der Waals surface area (Å²) >= 11 is 3.45. The van der Waals surface area contributed by atoms with E-state index in [4.69, 9.17) is 4.42 Å². The molecule has 4 nitrogen and oxygen atoms in total. The van der Waals surface area contributed by atoms with E-state index in [1.54, 1.807) is 23.1 Å². The number of rotatable bonds is 3. The van der Waals surface area contributed by atoms with E-state index in [1.165, 1.54) is 0 Å². The van der Waals surface area contributed by atoms with Crippen molar-refractivity contribution in [1.29, 1.82) is 0 Å². The Kier molecular flexibility index (Phi) is 3.22. The molecule has 1 aromatic carbocycles. The van der Waals surface area contributed by atoms with Gasteiger partial charge in [0.05, 0.1) is 11.8 Å². The van der Waals surface area contributed by atoms with Crippen LogP contribution < -0.4 is 0 Å². The monoisotopic (exact) mass is 332 g/mol. The first-order valence-corrected chi connectivity index (χ1v) is 7.14. The lowest BCUT2D eigenvalue weighted by Gasteiger charge is -1.95. The van der Waals surface area contributed by atoms with Gasteiger partial charge in [0, 0.05) is 22.6 Å². The minimum atomic E-state index is -0.142. The van der Waals surface area contributed by atoms with Crippen LogP contribution in [0.15, 0.2) is 39.5 Å². The van der Waals surface area contributed by atoms with Gasteiger partial charge in [-0.25, -0.2) is 0 Å². The molecule has 5 heteroatoms. The SMILES string of the molecule is CCn1cc(C(=O)c2cc3cc(Br)cc(C)c3o2)cn1. The Morgan fingerprint density at radius 3 is 2.90 bits per heavy atom. The maximum atomic E-state index is 12.4. The molecular weight excluding hydrogens is 320 g/mol. The van der Waals surface area contributed by atoms with E-state index in [0.29, 0.717) is 11.3 Å². The molecule has 0 aliphatic heterocycles. The number of halogens is 1. The van der Waals surface area contributed by atoms with Crippen LogP contribution in [0.25, 0.3) is 11.0 Å². The summed E-state index contributed by atoms with van der Waals surface area (Å²) in [5, 5.41) is 5.03. The predicted molar refractivity (Wildman–Crippen MR) is 80.0 cm³/mol. The maximum absolute atomic E-state index is 12.4. The second-order valence-corrected chi connectivity index (χ2v) is 5.58. The average Bonchev–Trinajstić information content (AvgIpc) is 3.03. The van der Waals surface area contributed by atoms with Crippen LogP contribution in [0.5, 0.6) is 0 Å². The number of hydrogen-bond donors (Lipinski definition) is 0. The Morgan fingerprint density at radius 2 is 2.20 bits per heavy atom. The molecule has 0 bridgehead atoms. The highest BCUT2D eigenvalue weighted by molar-refractivity contribution is 9.10. The molecular formula is C15H13BrN2O2. The van der Waals surface area contributed by atoms with Crippen molar-refractivity contribution in [2.45, 2.75) is 20.4 Å². The fourth-order valence-corrected chi connectivity index (χ4v) is 2.78. The number of aryl methyl sites for hydroxylation is 2. The lowest BCUT2D eigenvalue weighted by Crippen LogP contribution is -1.98. The smallest absolute Gasteiger partial charge is 0.231 e. The van der Waals surface area contributed by atoms with Crippen molar-refractivity contribution in [3.8, 4) is 0 Å². The number of hydrogen-bond acceptors (Lipinski definition) is 3. The van der Waals surface area contributed by atoms with Gasteiger partial charge < -0.3 is 4.42 Å². The topological polar surface area (TPSA) is 48.0 Å². The van der Waals surface area contributed by atoms with E-state index in [2.05, 4.69) is 21.0 Å². The molecule has 2 aromatic heterocycles. The Balaban J connectivity index is 2.05. The van der Waals surface area contributed by atoms with Crippen LogP contribution in [-0.4, -0.2) is 15.6 Å². The summed E-state index contributed by atoms with van der Waals surface area (Å²) < 4.78 is 8.40. The highest BCUT2D eigenvalue weighted by Gasteiger charge is 2.17. The van der Waals surface area contributed by atoms with E-state index >= 15 is 0 Å². The van der Waals surface area contributed by atoms with Crippen LogP contribution in [0.4, 0.5) is 0 Å². The molecule has 2 heterocycles. The fraction of sp³-hybridized carbons (Fsp3) is 0.200. The van der Waals surface area contributed by atoms with Crippen molar-refractivity contribution in [1.82, 2.24) is 9.78 Å². The lowest BCUT2D eigenvalue weighted by molar-refractivity contribution is 0.101. The van der Waals surface area contributed by atoms with Crippen molar-refractivity contribution in [3.05, 3.63) is 52.0 Å². The zero-order valence-electron chi connectivity index (χ0n) is 11.2. The largest absolute Gasteiger partial charge is 0.452 e. The van der Waals surface area contributed by atoms with Gasteiger partial charge in [-0.1, -0.05) is 15.9 Å². The van der Waals surface area contributed by atoms with Crippen molar-refractivity contribution in [3.63, 3.8) is 0 Å². The summed E-state index contributed by atoms with van der Waals surface area (Å²) in [5.74, 6) is 0.202. The number of carbonyl (C=O) groups is 1. The number of benzene rings is 1. The highest BCUT2D eigenvalue weighted by atomic mass is 79.9. The number of ketones is 1. The molecule has 0 aliphatic carbocycles. The zero-order valence-corrected chi connectivity index (χ0v) is 12.8. The Hall–Kier alpha value is -1.88. The van der Waals surface area contributed by atoms with Crippen LogP contribution in [0.3, 0.4) is 0 Å². The highest BCUT2D eigenvalue weighted by Crippen LogP contribution is 2.28. The van der Waals surface area contributed by atoms with Crippen molar-refractivity contribution < 1.29 is 9.21 Å². The molecule has 0 radical (unpaired) electrons. The number of furan rings is 1. The standard InChI is InChI=1S/C15H13BrN2O2/c1-3-18-8-11(7-17-18)14(19)13-6-10-5-12(16)4-9(2)15(10)20-13/h4-8H,3H2,1-2H3. The minimum Gasteiger partial charge on any atom is -0.452 e. The van der Waals surface area contributed by atoms with Crippen LogP contribution in [0.1, 0.15) is 28.6 Å². The Labute approximate surface area is 124 Å². The number of aromatic nitrogens is 2. The van der Waals surface area contributed by atoms with Gasteiger partial charge in [-0.15, -0.1) is 0 Å². The van der Waals surface area contributed by atoms with Crippen molar-refractivity contribution in [2.75, 3.05) is 0 Å². The summed E-state index contributed by atoms with van der Waals surface area (Å²) in [5.41, 5.74) is 2.29. The Bertz CT molecular complexity index is 801. The summed E-state index contributed by atoms with van der Waals surface area (Å²) in [6, 6.07) is 5.69. The van der Waals surface area contributed by atoms with Gasteiger partial charge in [0.15, 0.2) is 5.76 Å². The second kappa shape index (κ2) is 4.90. The molecule has 0 saturated heterocycles. The molecule has 0 atom stereocenters. The van der Waals surface area contributed by atoms with Crippen LogP contribution >= 0.6 is 15.9 Å². The van der Waals surface area contributed by atoms with E-state index in [9.17, 15) is 4.79 Å². The average molecular weight is 333 g/mol. The van der Waals surface area contributed by atoms with E-state index in [1.807, 2.05) is 26.0 Å². The summed E-state index contributed by atoms with van der Waals surface area (Å²) in [4.78, 5) is 12.4. The molecule has 0 fully saturated rings. The van der Waals surface area contributed by atoms with E-state index < -0.39 is 0 Å². The van der Waals surface area contributed by atoms with Crippen molar-refractivity contribution in [2.24, 2.45) is 0 Å². The van der Waals surface area contributed by atoms with Gasteiger partial charge in [-0.3, -0.25) is 9.48 Å². The minimum absolute atomic E-state index is 0.142. The molecule has 3 rings (SSSR count). The van der Waals surface area contributed by atoms with Gasteiger partial charge in [-0.05, 0) is 37.6 Å². The molecule has 0 spiro atoms. The number of carbonyl (C=O) groups excluding carboxylic acids is 1. The molecule has 0 aliphatic rings. The number of nitrogens with zero attached hydrogens (tertiary/aromatic N) is 2. The first-order valence-electron chi connectivity index (χ1n) is 6.35. The van der Waals surface area contributed by atoms with Gasteiger partial charge in [0.25, 0.3) is 0 Å². The summed E-state index contributed by atoms with van der Waals surface area (Å²) in [7, 11) is 0. The van der Waals surface area contributed by atoms with E-state index in [0.717, 1.165) is 27.6 Å². The van der Waals surface area contributed by atoms with Crippen LogP contribution in [0, 0.1) is 6.92 Å². The van der Waals surface area contributed by atoms with Gasteiger partial charge >= 0.3 is 0 Å². The molecule has 102 valence electrons. The maximum Gasteiger partial charge on any atom is 0.231 e. The van der Waals surface area contributed by atoms with Crippen molar-refractivity contribution >= 4 is 32.7 Å². The van der Waals surface area contributed by atoms with Crippen LogP contribution in [-0.2, 0) is 6.54 Å². The normalized spacial score (nSPS) is 11.2. The second-order valence-electron chi connectivity index (χ2n) is 4.67. The third-order valence-electron chi connectivity index (χ3n) is 3.21. The molecule has 0 unspecified atom stereocenters. The summed E-state index contributed by atoms with van der Waals surface area (Å²) in [6.07, 6.45) is 3.31. The quantitative estimate of drug-likeness (QED) is 0.682. The van der Waals surface area contributed by atoms with Gasteiger partial charge in [0.1, 0.15) is 5.58 Å². The first kappa shape index (κ1) is 13.1. The molecule has 3 aromatic rings. The van der Waals surface area contributed by atoms with E-state index in [-0.39, 0.29) is 5.78 Å². The number of fused-ring (bicyclic) bond motifs is 1. The lowest BCUT2D eigenvalue weighted by atomic mass is 10.1. The third-order valence-corrected chi connectivity index (χ3v) is 3.67. The summed E-state index contributed by atoms with van der Waals surface area (Å²) in [6.45, 7) is 4.67. The fourth-order valence-electron chi connectivity index (χ4n) is 2.19. The first-order chi connectivity index (χ1) is 9.58. The molecule has 20 heavy (non-hydrogen) atoms. The molecule has 0 saturated carbocycles. The van der Waals surface area contributed by atoms with Gasteiger partial charge in [0.2, 0.25) is 5.78 Å². The Morgan fingerprint density at radius 1 is 1.40 bits per heavy atom. The predicted octanol–water partition coefficient (Wildman–Crippen LogP) is 3.95. The molecule has 0 amide bonds. The molecule has 0 N–H and O–H groups in total. The zero-order chi connectivity index (χ0) is 14.3.